The molecule has 0 amide bonds. The molecule has 0 radical (unpaired) electrons. The van der Waals surface area contributed by atoms with Crippen molar-refractivity contribution in [2.24, 2.45) is 0 Å². The molecule has 2 saturated heterocycles. The number of piperazine rings is 2. The van der Waals surface area contributed by atoms with Crippen molar-refractivity contribution in [1.82, 2.24) is 0 Å². The molecule has 0 spiro atoms. The number of anilines is 4. The Morgan fingerprint density at radius 1 is 0.460 bits per heavy atom. The fourth-order valence-corrected chi connectivity index (χ4v) is 5.92. The molecule has 0 bridgehead atoms. The number of halogens is 6. The van der Waals surface area contributed by atoms with Crippen LogP contribution in [0.5, 0.6) is 0 Å². The van der Waals surface area contributed by atoms with Gasteiger partial charge in [0.25, 0.3) is 11.4 Å². The fraction of sp³-hybridized carbons (Fsp3) is 0.294. The lowest BCUT2D eigenvalue weighted by Gasteiger charge is -2.37. The molecule has 0 aliphatic carbocycles. The minimum atomic E-state index is -4.60. The Hall–Kier alpha value is -5.54. The summed E-state index contributed by atoms with van der Waals surface area (Å²) in [6.45, 7) is 4.57. The van der Waals surface area contributed by atoms with Gasteiger partial charge in [0.15, 0.2) is 0 Å². The molecule has 264 valence electrons. The van der Waals surface area contributed by atoms with Crippen LogP contribution >= 0.6 is 0 Å². The lowest BCUT2D eigenvalue weighted by molar-refractivity contribution is -0.384. The Morgan fingerprint density at radius 2 is 0.760 bits per heavy atom. The largest absolute Gasteiger partial charge is 0.416 e. The molecule has 0 atom stereocenters. The van der Waals surface area contributed by atoms with E-state index in [0.717, 1.165) is 23.5 Å². The highest BCUT2D eigenvalue weighted by Gasteiger charge is 2.35. The predicted octanol–water partition coefficient (Wildman–Crippen LogP) is 7.88. The van der Waals surface area contributed by atoms with Crippen molar-refractivity contribution in [1.29, 1.82) is 0 Å². The molecule has 0 saturated carbocycles. The molecule has 4 aromatic rings. The van der Waals surface area contributed by atoms with Gasteiger partial charge in [-0.25, -0.2) is 0 Å². The Bertz CT molecular complexity index is 1650. The first-order valence-corrected chi connectivity index (χ1v) is 15.5. The highest BCUT2D eigenvalue weighted by molar-refractivity contribution is 5.66. The van der Waals surface area contributed by atoms with Crippen LogP contribution in [0.2, 0.25) is 0 Å². The predicted molar refractivity (Wildman–Crippen MR) is 178 cm³/mol. The first-order chi connectivity index (χ1) is 23.7. The van der Waals surface area contributed by atoms with E-state index in [-0.39, 0.29) is 11.4 Å². The van der Waals surface area contributed by atoms with Crippen molar-refractivity contribution in [2.75, 3.05) is 72.0 Å². The van der Waals surface area contributed by atoms with Gasteiger partial charge in [0.2, 0.25) is 0 Å². The van der Waals surface area contributed by atoms with Gasteiger partial charge in [0.05, 0.1) is 21.0 Å². The Morgan fingerprint density at radius 3 is 1.04 bits per heavy atom. The maximum Gasteiger partial charge on any atom is 0.416 e. The van der Waals surface area contributed by atoms with Crippen molar-refractivity contribution in [3.05, 3.63) is 128 Å². The summed E-state index contributed by atoms with van der Waals surface area (Å²) in [7, 11) is 0. The number of rotatable bonds is 6. The number of benzene rings is 4. The van der Waals surface area contributed by atoms with E-state index in [1.165, 1.54) is 12.1 Å². The fourth-order valence-electron chi connectivity index (χ4n) is 5.92. The molecule has 2 aliphatic heterocycles. The smallest absolute Gasteiger partial charge is 0.368 e. The van der Waals surface area contributed by atoms with Crippen molar-refractivity contribution in [3.63, 3.8) is 0 Å². The number of nitrogens with zero attached hydrogens (tertiary/aromatic N) is 6. The molecule has 0 N–H and O–H groups in total. The molecule has 10 nitrogen and oxygen atoms in total. The summed E-state index contributed by atoms with van der Waals surface area (Å²) in [5.41, 5.74) is -0.465. The van der Waals surface area contributed by atoms with Crippen molar-refractivity contribution < 1.29 is 36.2 Å². The number of nitro groups is 2. The van der Waals surface area contributed by atoms with Gasteiger partial charge in [-0.3, -0.25) is 20.2 Å². The second kappa shape index (κ2) is 14.9. The zero-order valence-corrected chi connectivity index (χ0v) is 26.5. The molecule has 0 unspecified atom stereocenters. The highest BCUT2D eigenvalue weighted by Crippen LogP contribution is 2.38. The first kappa shape index (κ1) is 35.8. The third kappa shape index (κ3) is 8.54. The third-order valence-corrected chi connectivity index (χ3v) is 8.48. The van der Waals surface area contributed by atoms with Crippen LogP contribution in [0.25, 0.3) is 0 Å². The zero-order chi connectivity index (χ0) is 36.1. The van der Waals surface area contributed by atoms with Crippen LogP contribution in [-0.2, 0) is 12.4 Å². The van der Waals surface area contributed by atoms with Crippen LogP contribution < -0.4 is 19.6 Å². The molecule has 6 rings (SSSR count). The van der Waals surface area contributed by atoms with E-state index in [9.17, 15) is 46.6 Å². The number of nitro benzene ring substituents is 2. The van der Waals surface area contributed by atoms with Gasteiger partial charge in [-0.1, -0.05) is 36.4 Å². The zero-order valence-electron chi connectivity index (χ0n) is 26.5. The van der Waals surface area contributed by atoms with Crippen molar-refractivity contribution in [2.45, 2.75) is 12.4 Å². The maximum absolute atomic E-state index is 12.8. The molecule has 2 fully saturated rings. The van der Waals surface area contributed by atoms with Crippen LogP contribution in [0.15, 0.2) is 97.1 Å². The second-order valence-electron chi connectivity index (χ2n) is 11.5. The van der Waals surface area contributed by atoms with Crippen LogP contribution in [0.1, 0.15) is 11.1 Å². The number of alkyl halides is 6. The van der Waals surface area contributed by atoms with Gasteiger partial charge in [0, 0.05) is 75.9 Å². The summed E-state index contributed by atoms with van der Waals surface area (Å²) in [6.07, 6.45) is -9.20. The summed E-state index contributed by atoms with van der Waals surface area (Å²) < 4.78 is 76.8. The Kier molecular flexibility index (Phi) is 10.7. The summed E-state index contributed by atoms with van der Waals surface area (Å²) in [5.74, 6) is 0. The summed E-state index contributed by atoms with van der Waals surface area (Å²) in [4.78, 5) is 28.8. The first-order valence-electron chi connectivity index (χ1n) is 15.5. The van der Waals surface area contributed by atoms with Crippen LogP contribution in [0.4, 0.5) is 60.5 Å². The standard InChI is InChI=1S/2C17H16F3N3O2/c2*18-17(19,20)13-6-7-15(16(12-13)23(24)25)22-10-8-21(9-11-22)14-4-2-1-3-5-14/h2*1-7,12H,8-11H2. The maximum atomic E-state index is 12.8. The lowest BCUT2D eigenvalue weighted by Crippen LogP contribution is -2.46. The average Bonchev–Trinajstić information content (AvgIpc) is 3.11. The quantitative estimate of drug-likeness (QED) is 0.114. The van der Waals surface area contributed by atoms with E-state index in [1.54, 1.807) is 9.80 Å². The molecule has 2 aliphatic rings. The van der Waals surface area contributed by atoms with Gasteiger partial charge < -0.3 is 19.6 Å². The molecule has 16 heteroatoms. The van der Waals surface area contributed by atoms with Crippen LogP contribution in [0, 0.1) is 20.2 Å². The van der Waals surface area contributed by atoms with Crippen LogP contribution in [-0.4, -0.2) is 62.2 Å². The Labute approximate surface area is 283 Å². The van der Waals surface area contributed by atoms with E-state index >= 15 is 0 Å². The van der Waals surface area contributed by atoms with E-state index in [2.05, 4.69) is 9.80 Å². The molecule has 0 aromatic heterocycles. The van der Waals surface area contributed by atoms with E-state index < -0.39 is 44.7 Å². The average molecular weight is 703 g/mol. The lowest BCUT2D eigenvalue weighted by atomic mass is 10.1. The summed E-state index contributed by atoms with van der Waals surface area (Å²) >= 11 is 0. The van der Waals surface area contributed by atoms with Gasteiger partial charge in [-0.05, 0) is 48.5 Å². The molecular formula is C34H32F6N6O4. The van der Waals surface area contributed by atoms with Gasteiger partial charge in [-0.2, -0.15) is 26.3 Å². The van der Waals surface area contributed by atoms with Crippen molar-refractivity contribution in [3.8, 4) is 0 Å². The van der Waals surface area contributed by atoms with E-state index in [1.807, 2.05) is 60.7 Å². The SMILES string of the molecule is O=[N+]([O-])c1cc(C(F)(F)F)ccc1N1CCN(c2ccccc2)CC1.O=[N+]([O-])c1cc(C(F)(F)F)ccc1N1CCN(c2ccccc2)CC1. The minimum absolute atomic E-state index is 0.228. The highest BCUT2D eigenvalue weighted by atomic mass is 19.4. The van der Waals surface area contributed by atoms with E-state index in [0.29, 0.717) is 64.5 Å². The third-order valence-electron chi connectivity index (χ3n) is 8.48. The number of hydrogen-bond donors (Lipinski definition) is 0. The van der Waals surface area contributed by atoms with Crippen molar-refractivity contribution >= 4 is 34.1 Å². The van der Waals surface area contributed by atoms with Gasteiger partial charge in [-0.15, -0.1) is 0 Å². The monoisotopic (exact) mass is 702 g/mol. The topological polar surface area (TPSA) is 99.2 Å². The van der Waals surface area contributed by atoms with Gasteiger partial charge in [0.1, 0.15) is 11.4 Å². The molecule has 50 heavy (non-hydrogen) atoms. The molecule has 4 aromatic carbocycles. The normalized spacial score (nSPS) is 15.3. The van der Waals surface area contributed by atoms with Crippen LogP contribution in [0.3, 0.4) is 0 Å². The summed E-state index contributed by atoms with van der Waals surface area (Å²) in [5, 5.41) is 22.5. The Balaban J connectivity index is 0.000000194. The minimum Gasteiger partial charge on any atom is -0.368 e. The number of hydrogen-bond acceptors (Lipinski definition) is 8. The summed E-state index contributed by atoms with van der Waals surface area (Å²) in [6, 6.07) is 24.9. The van der Waals surface area contributed by atoms with E-state index in [4.69, 9.17) is 0 Å². The van der Waals surface area contributed by atoms with Gasteiger partial charge >= 0.3 is 12.4 Å². The number of para-hydroxylation sites is 2. The molecule has 2 heterocycles. The second-order valence-corrected chi connectivity index (χ2v) is 11.5. The molecular weight excluding hydrogens is 670 g/mol.